The fraction of sp³-hybridized carbons (Fsp3) is 0. The van der Waals surface area contributed by atoms with Gasteiger partial charge in [0.1, 0.15) is 5.69 Å². The van der Waals surface area contributed by atoms with Gasteiger partial charge in [0.25, 0.3) is 0 Å². The van der Waals surface area contributed by atoms with Crippen molar-refractivity contribution in [3.63, 3.8) is 0 Å². The topological polar surface area (TPSA) is 35.1 Å². The zero-order chi connectivity index (χ0) is 29.9. The molecule has 0 unspecified atom stereocenters. The summed E-state index contributed by atoms with van der Waals surface area (Å²) >= 11 is 0. The molecule has 11 aromatic rings. The van der Waals surface area contributed by atoms with E-state index in [9.17, 15) is 0 Å². The van der Waals surface area contributed by atoms with Crippen molar-refractivity contribution in [2.75, 3.05) is 0 Å². The largest absolute Gasteiger partial charge is 0.306 e. The van der Waals surface area contributed by atoms with Crippen LogP contribution in [0.15, 0.2) is 146 Å². The van der Waals surface area contributed by atoms with Crippen LogP contribution in [-0.2, 0) is 0 Å². The summed E-state index contributed by atoms with van der Waals surface area (Å²) in [5.74, 6) is 0.831. The average Bonchev–Trinajstić information content (AvgIpc) is 3.77. The van der Waals surface area contributed by atoms with Gasteiger partial charge in [-0.1, -0.05) is 121 Å². The Kier molecular flexibility index (Phi) is 4.55. The van der Waals surface area contributed by atoms with Gasteiger partial charge < -0.3 is 4.40 Å². The van der Waals surface area contributed by atoms with E-state index in [2.05, 4.69) is 142 Å². The quantitative estimate of drug-likeness (QED) is 0.203. The maximum Gasteiger partial charge on any atom is 0.165 e. The van der Waals surface area contributed by atoms with Crippen molar-refractivity contribution in [2.45, 2.75) is 0 Å². The molecule has 4 heteroatoms. The summed E-state index contributed by atoms with van der Waals surface area (Å²) in [6.07, 6.45) is 0. The molecule has 0 aliphatic carbocycles. The van der Waals surface area contributed by atoms with Crippen LogP contribution in [0.5, 0.6) is 0 Å². The normalized spacial score (nSPS) is 12.3. The lowest BCUT2D eigenvalue weighted by atomic mass is 9.98. The molecule has 0 atom stereocenters. The Hall–Kier alpha value is -6.26. The lowest BCUT2D eigenvalue weighted by molar-refractivity contribution is 1.08. The summed E-state index contributed by atoms with van der Waals surface area (Å²) in [7, 11) is 0. The highest BCUT2D eigenvalue weighted by molar-refractivity contribution is 6.38. The molecule has 0 fully saturated rings. The first-order chi connectivity index (χ1) is 22.9. The predicted molar refractivity (Wildman–Crippen MR) is 191 cm³/mol. The maximum atomic E-state index is 5.44. The van der Waals surface area contributed by atoms with Crippen LogP contribution in [0.1, 0.15) is 0 Å². The van der Waals surface area contributed by atoms with Gasteiger partial charge in [-0.3, -0.25) is 4.57 Å². The van der Waals surface area contributed by atoms with Crippen LogP contribution in [0.25, 0.3) is 98.8 Å². The number of hydrogen-bond donors (Lipinski definition) is 0. The lowest BCUT2D eigenvalue weighted by Crippen LogP contribution is -2.04. The molecule has 0 aliphatic heterocycles. The summed E-state index contributed by atoms with van der Waals surface area (Å²) in [4.78, 5) is 10.7. The molecule has 0 saturated carbocycles. The SMILES string of the molecule is c1ccc(-c2nc3ccccc3nc2-n2c3ccccc3c3c4ccccc4c4c5cccc6c7ccccc7n(c65)c4c32)cc1. The summed E-state index contributed by atoms with van der Waals surface area (Å²) < 4.78 is 4.90. The second-order valence-corrected chi connectivity index (χ2v) is 12.2. The second-order valence-electron chi connectivity index (χ2n) is 12.2. The molecule has 11 rings (SSSR count). The van der Waals surface area contributed by atoms with Crippen molar-refractivity contribution in [3.8, 4) is 17.1 Å². The van der Waals surface area contributed by atoms with Crippen molar-refractivity contribution in [2.24, 2.45) is 0 Å². The van der Waals surface area contributed by atoms with Crippen LogP contribution in [0.4, 0.5) is 0 Å². The third kappa shape index (κ3) is 2.94. The zero-order valence-electron chi connectivity index (χ0n) is 24.6. The van der Waals surface area contributed by atoms with E-state index in [0.29, 0.717) is 0 Å². The summed E-state index contributed by atoms with van der Waals surface area (Å²) in [6, 6.07) is 51.9. The first-order valence-corrected chi connectivity index (χ1v) is 15.7. The summed E-state index contributed by atoms with van der Waals surface area (Å²) in [5, 5.41) is 10.0. The molecular formula is C42H24N4. The van der Waals surface area contributed by atoms with Gasteiger partial charge in [0.05, 0.1) is 38.6 Å². The standard InChI is InChI=1S/C42H24N4/c1-2-13-25(14-3-1)38-42(44-33-22-9-8-21-32(33)43-38)46-35-24-11-7-18-30(35)36-27-16-4-5-17-28(27)37-31-20-12-19-29-26-15-6-10-23-34(26)45(39(29)31)40(37)41(36)46/h1-24H. The van der Waals surface area contributed by atoms with Crippen LogP contribution >= 0.6 is 0 Å². The highest BCUT2D eigenvalue weighted by Crippen LogP contribution is 2.48. The van der Waals surface area contributed by atoms with Gasteiger partial charge in [0.2, 0.25) is 0 Å². The highest BCUT2D eigenvalue weighted by Gasteiger charge is 2.27. The van der Waals surface area contributed by atoms with Gasteiger partial charge in [-0.25, -0.2) is 9.97 Å². The molecule has 46 heavy (non-hydrogen) atoms. The Morgan fingerprint density at radius 2 is 0.935 bits per heavy atom. The number of para-hydroxylation sites is 5. The van der Waals surface area contributed by atoms with Crippen molar-refractivity contribution < 1.29 is 0 Å². The number of benzene rings is 7. The van der Waals surface area contributed by atoms with Crippen LogP contribution < -0.4 is 0 Å². The van der Waals surface area contributed by atoms with Crippen LogP contribution in [0.2, 0.25) is 0 Å². The third-order valence-corrected chi connectivity index (χ3v) is 9.80. The van der Waals surface area contributed by atoms with Gasteiger partial charge in [-0.05, 0) is 35.0 Å². The van der Waals surface area contributed by atoms with Crippen LogP contribution in [0.3, 0.4) is 0 Å². The fourth-order valence-corrected chi connectivity index (χ4v) is 8.00. The van der Waals surface area contributed by atoms with E-state index in [1.165, 1.54) is 59.6 Å². The van der Waals surface area contributed by atoms with E-state index in [0.717, 1.165) is 39.1 Å². The minimum absolute atomic E-state index is 0.831. The van der Waals surface area contributed by atoms with E-state index < -0.39 is 0 Å². The Morgan fingerprint density at radius 1 is 0.370 bits per heavy atom. The zero-order valence-corrected chi connectivity index (χ0v) is 24.6. The molecular weight excluding hydrogens is 560 g/mol. The molecule has 0 radical (unpaired) electrons. The summed E-state index contributed by atoms with van der Waals surface area (Å²) in [5.41, 5.74) is 9.59. The van der Waals surface area contributed by atoms with Gasteiger partial charge in [0, 0.05) is 37.9 Å². The van der Waals surface area contributed by atoms with Gasteiger partial charge in [-0.15, -0.1) is 0 Å². The molecule has 4 heterocycles. The molecule has 0 spiro atoms. The highest BCUT2D eigenvalue weighted by atomic mass is 15.1. The molecule has 0 aliphatic rings. The van der Waals surface area contributed by atoms with E-state index in [1.807, 2.05) is 12.1 Å². The average molecular weight is 585 g/mol. The number of nitrogens with zero attached hydrogens (tertiary/aromatic N) is 4. The minimum atomic E-state index is 0.831. The van der Waals surface area contributed by atoms with E-state index in [1.54, 1.807) is 0 Å². The number of aromatic nitrogens is 4. The van der Waals surface area contributed by atoms with Crippen molar-refractivity contribution in [1.82, 2.24) is 18.9 Å². The van der Waals surface area contributed by atoms with Crippen LogP contribution in [-0.4, -0.2) is 18.9 Å². The Bertz CT molecular complexity index is 3020. The first-order valence-electron chi connectivity index (χ1n) is 15.7. The molecule has 7 aromatic carbocycles. The maximum absolute atomic E-state index is 5.44. The van der Waals surface area contributed by atoms with Crippen molar-refractivity contribution in [3.05, 3.63) is 146 Å². The number of rotatable bonds is 2. The molecule has 212 valence electrons. The van der Waals surface area contributed by atoms with Gasteiger partial charge >= 0.3 is 0 Å². The lowest BCUT2D eigenvalue weighted by Gasteiger charge is -2.15. The predicted octanol–water partition coefficient (Wildman–Crippen LogP) is 10.7. The van der Waals surface area contributed by atoms with Gasteiger partial charge in [-0.2, -0.15) is 0 Å². The smallest absolute Gasteiger partial charge is 0.165 e. The molecule has 4 nitrogen and oxygen atoms in total. The fourth-order valence-electron chi connectivity index (χ4n) is 8.00. The minimum Gasteiger partial charge on any atom is -0.306 e. The number of fused-ring (bicyclic) bond motifs is 14. The monoisotopic (exact) mass is 584 g/mol. The first kappa shape index (κ1) is 24.1. The van der Waals surface area contributed by atoms with Crippen molar-refractivity contribution in [1.29, 1.82) is 0 Å². The Labute approximate surface area is 262 Å². The summed E-state index contributed by atoms with van der Waals surface area (Å²) in [6.45, 7) is 0. The molecule has 4 aromatic heterocycles. The number of hydrogen-bond acceptors (Lipinski definition) is 2. The Morgan fingerprint density at radius 3 is 1.72 bits per heavy atom. The van der Waals surface area contributed by atoms with E-state index >= 15 is 0 Å². The van der Waals surface area contributed by atoms with Crippen LogP contribution in [0, 0.1) is 0 Å². The van der Waals surface area contributed by atoms with Crippen molar-refractivity contribution >= 4 is 81.7 Å². The molecule has 0 amide bonds. The van der Waals surface area contributed by atoms with E-state index in [4.69, 9.17) is 9.97 Å². The molecule has 0 bridgehead atoms. The second kappa shape index (κ2) is 8.68. The Balaban J connectivity index is 1.49. The van der Waals surface area contributed by atoms with E-state index in [-0.39, 0.29) is 0 Å². The molecule has 0 saturated heterocycles. The van der Waals surface area contributed by atoms with Gasteiger partial charge in [0.15, 0.2) is 5.82 Å². The third-order valence-electron chi connectivity index (χ3n) is 9.80. The molecule has 0 N–H and O–H groups in total.